The number of hydrogen-bond donors (Lipinski definition) is 4. The first-order valence-corrected chi connectivity index (χ1v) is 16.9. The molecular weight excluding hydrogens is 748 g/mol. The van der Waals surface area contributed by atoms with E-state index in [4.69, 9.17) is 20.9 Å². The van der Waals surface area contributed by atoms with Gasteiger partial charge in [0.1, 0.15) is 11.5 Å². The average molecular weight is 785 g/mol. The van der Waals surface area contributed by atoms with Crippen molar-refractivity contribution in [1.29, 1.82) is 0 Å². The van der Waals surface area contributed by atoms with E-state index in [1.807, 2.05) is 33.4 Å². The van der Waals surface area contributed by atoms with Crippen molar-refractivity contribution in [3.05, 3.63) is 69.1 Å². The molecule has 6 rings (SSSR count). The van der Waals surface area contributed by atoms with Crippen LogP contribution in [0.4, 0.5) is 11.6 Å². The van der Waals surface area contributed by atoms with E-state index < -0.39 is 0 Å². The molecule has 14 nitrogen and oxygen atoms in total. The molecule has 0 amide bonds. The molecular formula is C32H36Br2N10O4. The van der Waals surface area contributed by atoms with Gasteiger partial charge in [0.05, 0.1) is 26.3 Å². The molecule has 0 bridgehead atoms. The summed E-state index contributed by atoms with van der Waals surface area (Å²) in [6.45, 7) is 6.34. The van der Waals surface area contributed by atoms with Crippen molar-refractivity contribution in [3.8, 4) is 23.5 Å². The molecule has 0 saturated carbocycles. The summed E-state index contributed by atoms with van der Waals surface area (Å²) in [6.07, 6.45) is 3.92. The van der Waals surface area contributed by atoms with Crippen LogP contribution in [0.15, 0.2) is 58.0 Å². The van der Waals surface area contributed by atoms with E-state index in [2.05, 4.69) is 75.6 Å². The van der Waals surface area contributed by atoms with Gasteiger partial charge in [0.15, 0.2) is 43.4 Å². The maximum Gasteiger partial charge on any atom is 0.320 e. The fourth-order valence-electron chi connectivity index (χ4n) is 4.54. The number of fused-ring (bicyclic) bond motifs is 2. The molecule has 4 heterocycles. The molecule has 0 radical (unpaired) electrons. The number of phenols is 2. The van der Waals surface area contributed by atoms with E-state index in [-0.39, 0.29) is 35.2 Å². The molecule has 0 aliphatic carbocycles. The molecule has 0 spiro atoms. The highest BCUT2D eigenvalue weighted by Gasteiger charge is 2.18. The second-order valence-corrected chi connectivity index (χ2v) is 12.2. The predicted octanol–water partition coefficient (Wildman–Crippen LogP) is 6.21. The third-order valence-corrected chi connectivity index (χ3v) is 8.33. The van der Waals surface area contributed by atoms with Gasteiger partial charge in [0.25, 0.3) is 0 Å². The van der Waals surface area contributed by atoms with Crippen molar-refractivity contribution in [3.63, 3.8) is 0 Å². The summed E-state index contributed by atoms with van der Waals surface area (Å²) in [5.41, 5.74) is 16.3. The van der Waals surface area contributed by atoms with Crippen molar-refractivity contribution < 1.29 is 19.7 Å². The number of phenolic OH excluding ortho intramolecular Hbond substituents is 2. The van der Waals surface area contributed by atoms with E-state index in [1.54, 1.807) is 24.3 Å². The predicted molar refractivity (Wildman–Crippen MR) is 190 cm³/mol. The number of benzene rings is 2. The number of nitrogens with two attached hydrogens (primary N) is 2. The first-order valence-electron chi connectivity index (χ1n) is 15.4. The van der Waals surface area contributed by atoms with Crippen LogP contribution < -0.4 is 20.9 Å². The van der Waals surface area contributed by atoms with Crippen molar-refractivity contribution in [2.75, 3.05) is 24.7 Å². The number of unbranched alkanes of at least 4 members (excludes halogenated alkanes) is 2. The monoisotopic (exact) mass is 782 g/mol. The molecule has 4 aromatic heterocycles. The van der Waals surface area contributed by atoms with Gasteiger partial charge in [-0.1, -0.05) is 51.0 Å². The third kappa shape index (κ3) is 8.41. The lowest BCUT2D eigenvalue weighted by atomic mass is 10.2. The number of rotatable bonds is 12. The van der Waals surface area contributed by atoms with Crippen molar-refractivity contribution in [2.24, 2.45) is 0 Å². The molecule has 0 aliphatic heterocycles. The molecule has 252 valence electrons. The number of nitrogen functional groups attached to an aromatic ring is 2. The highest BCUT2D eigenvalue weighted by molar-refractivity contribution is 9.10. The topological polar surface area (TPSA) is 198 Å². The highest BCUT2D eigenvalue weighted by atomic mass is 79.9. The van der Waals surface area contributed by atoms with Crippen LogP contribution in [-0.2, 0) is 13.1 Å². The van der Waals surface area contributed by atoms with Crippen molar-refractivity contribution in [1.82, 2.24) is 39.0 Å². The Morgan fingerprint density at radius 2 is 0.979 bits per heavy atom. The molecule has 2 aromatic carbocycles. The normalized spacial score (nSPS) is 11.1. The Bertz CT molecular complexity index is 1840. The van der Waals surface area contributed by atoms with E-state index in [1.165, 1.54) is 0 Å². The number of nitrogens with zero attached hydrogens (tertiary/aromatic N) is 8. The molecule has 0 fully saturated rings. The molecule has 6 N–H and O–H groups in total. The minimum atomic E-state index is 0.228. The van der Waals surface area contributed by atoms with Gasteiger partial charge in [-0.15, -0.1) is 0 Å². The summed E-state index contributed by atoms with van der Waals surface area (Å²) in [5, 5.41) is 18.8. The van der Waals surface area contributed by atoms with Crippen LogP contribution in [0, 0.1) is 0 Å². The Balaban J connectivity index is 0.000000188. The van der Waals surface area contributed by atoms with Gasteiger partial charge < -0.3 is 31.2 Å². The lowest BCUT2D eigenvalue weighted by molar-refractivity contribution is 0.286. The Morgan fingerprint density at radius 3 is 1.33 bits per heavy atom. The fraction of sp³-hybridized carbons (Fsp3) is 0.312. The van der Waals surface area contributed by atoms with Crippen LogP contribution in [0.2, 0.25) is 0 Å². The molecule has 0 unspecified atom stereocenters. The second kappa shape index (κ2) is 15.9. The summed E-state index contributed by atoms with van der Waals surface area (Å²) >= 11 is 6.88. The Labute approximate surface area is 293 Å². The molecule has 48 heavy (non-hydrogen) atoms. The summed E-state index contributed by atoms with van der Waals surface area (Å²) in [6, 6.07) is 14.5. The van der Waals surface area contributed by atoms with Crippen LogP contribution in [-0.4, -0.2) is 62.5 Å². The summed E-state index contributed by atoms with van der Waals surface area (Å²) < 4.78 is 16.1. The Morgan fingerprint density at radius 1 is 0.604 bits per heavy atom. The highest BCUT2D eigenvalue weighted by Crippen LogP contribution is 2.27. The lowest BCUT2D eigenvalue weighted by Gasteiger charge is -2.08. The van der Waals surface area contributed by atoms with Gasteiger partial charge in [-0.05, 0) is 80.1 Å². The lowest BCUT2D eigenvalue weighted by Crippen LogP contribution is -2.06. The van der Waals surface area contributed by atoms with E-state index >= 15 is 0 Å². The zero-order valence-corrected chi connectivity index (χ0v) is 29.6. The Hall–Kier alpha value is -4.70. The van der Waals surface area contributed by atoms with Crippen LogP contribution in [0.25, 0.3) is 22.3 Å². The SMILES string of the molecule is CCCCOc1nc(N)c2nc(Br)n(Cc3ccc(O)cc3)c2n1.CCCCOc1nc(N)c2nc(Br)n(Cc3ccc(O)cc3)c2n1. The quantitative estimate of drug-likeness (QED) is 0.0810. The third-order valence-electron chi connectivity index (χ3n) is 7.12. The standard InChI is InChI=1S/2C16H18BrN5O2/c2*1-2-3-8-24-16-20-13(18)12-14(21-16)22(15(17)19-12)9-10-4-6-11(23)7-5-10/h2*4-7,23H,2-3,8-9H2,1H3,(H2,18,20,21). The van der Waals surface area contributed by atoms with Gasteiger partial charge in [-0.2, -0.15) is 19.9 Å². The van der Waals surface area contributed by atoms with Crippen LogP contribution in [0.1, 0.15) is 50.7 Å². The van der Waals surface area contributed by atoms with Gasteiger partial charge >= 0.3 is 12.0 Å². The number of aromatic nitrogens is 8. The average Bonchev–Trinajstić information content (AvgIpc) is 3.55. The number of halogens is 2. The minimum Gasteiger partial charge on any atom is -0.508 e. The van der Waals surface area contributed by atoms with Crippen molar-refractivity contribution in [2.45, 2.75) is 52.6 Å². The molecule has 0 saturated heterocycles. The smallest absolute Gasteiger partial charge is 0.320 e. The number of imidazole rings is 2. The zero-order valence-electron chi connectivity index (χ0n) is 26.5. The van der Waals surface area contributed by atoms with E-state index in [0.717, 1.165) is 36.8 Å². The number of hydrogen-bond acceptors (Lipinski definition) is 12. The summed E-state index contributed by atoms with van der Waals surface area (Å²) in [7, 11) is 0. The maximum absolute atomic E-state index is 9.40. The van der Waals surface area contributed by atoms with Gasteiger partial charge in [0, 0.05) is 0 Å². The van der Waals surface area contributed by atoms with Crippen LogP contribution in [0.5, 0.6) is 23.5 Å². The maximum atomic E-state index is 9.40. The number of anilines is 2. The summed E-state index contributed by atoms with van der Waals surface area (Å²) in [5.74, 6) is 1.03. The van der Waals surface area contributed by atoms with Gasteiger partial charge in [-0.25, -0.2) is 9.97 Å². The molecule has 16 heteroatoms. The molecule has 0 aliphatic rings. The number of aromatic hydroxyl groups is 2. The number of ether oxygens (including phenoxy) is 2. The summed E-state index contributed by atoms with van der Waals surface area (Å²) in [4.78, 5) is 26.0. The molecule has 0 atom stereocenters. The van der Waals surface area contributed by atoms with Crippen molar-refractivity contribution >= 4 is 65.8 Å². The van der Waals surface area contributed by atoms with E-state index in [0.29, 0.717) is 58.1 Å². The van der Waals surface area contributed by atoms with Gasteiger partial charge in [-0.3, -0.25) is 9.13 Å². The van der Waals surface area contributed by atoms with E-state index in [9.17, 15) is 10.2 Å². The van der Waals surface area contributed by atoms with Crippen LogP contribution >= 0.6 is 31.9 Å². The fourth-order valence-corrected chi connectivity index (χ4v) is 5.48. The largest absolute Gasteiger partial charge is 0.508 e. The first-order chi connectivity index (χ1) is 23.2. The second-order valence-electron chi connectivity index (χ2n) is 10.8. The molecule has 6 aromatic rings. The first kappa shape index (κ1) is 34.6. The Kier molecular flexibility index (Phi) is 11.5. The van der Waals surface area contributed by atoms with Crippen LogP contribution in [0.3, 0.4) is 0 Å². The zero-order chi connectivity index (χ0) is 34.2. The minimum absolute atomic E-state index is 0.228. The van der Waals surface area contributed by atoms with Gasteiger partial charge in [0.2, 0.25) is 0 Å².